The van der Waals surface area contributed by atoms with Gasteiger partial charge in [-0.2, -0.15) is 8.42 Å². The lowest BCUT2D eigenvalue weighted by Crippen LogP contribution is -2.22. The van der Waals surface area contributed by atoms with Crippen molar-refractivity contribution in [2.24, 2.45) is 5.14 Å². The van der Waals surface area contributed by atoms with Crippen molar-refractivity contribution in [1.29, 1.82) is 0 Å². The number of nitrogens with one attached hydrogen (secondary N) is 1. The van der Waals surface area contributed by atoms with Gasteiger partial charge in [0.15, 0.2) is 0 Å². The van der Waals surface area contributed by atoms with Gasteiger partial charge >= 0.3 is 0 Å². The van der Waals surface area contributed by atoms with E-state index in [1.807, 2.05) is 0 Å². The summed E-state index contributed by atoms with van der Waals surface area (Å²) < 4.78 is 24.9. The monoisotopic (exact) mass is 328 g/mol. The van der Waals surface area contributed by atoms with E-state index in [9.17, 15) is 8.42 Å². The normalized spacial score (nSPS) is 11.3. The topological polar surface area (TPSA) is 72.2 Å². The molecule has 1 aromatic rings. The molecule has 0 spiro atoms. The molecule has 0 heterocycles. The Morgan fingerprint density at radius 1 is 1.23 bits per heavy atom. The van der Waals surface area contributed by atoms with Gasteiger partial charge in [-0.15, -0.1) is 0 Å². The van der Waals surface area contributed by atoms with E-state index < -0.39 is 10.2 Å². The van der Waals surface area contributed by atoms with Crippen molar-refractivity contribution in [3.8, 4) is 0 Å². The van der Waals surface area contributed by atoms with Gasteiger partial charge in [0.2, 0.25) is 0 Å². The summed E-state index contributed by atoms with van der Waals surface area (Å²) in [5.41, 5.74) is 0.394. The SMILES string of the molecule is NS(=O)(=O)Nc1c(Br)cccc1Br. The van der Waals surface area contributed by atoms with Crippen LogP contribution in [0.3, 0.4) is 0 Å². The second-order valence-electron chi connectivity index (χ2n) is 2.24. The van der Waals surface area contributed by atoms with Gasteiger partial charge in [0, 0.05) is 8.95 Å². The van der Waals surface area contributed by atoms with Crippen molar-refractivity contribution >= 4 is 47.8 Å². The highest BCUT2D eigenvalue weighted by Crippen LogP contribution is 2.30. The fourth-order valence-electron chi connectivity index (χ4n) is 0.738. The summed E-state index contributed by atoms with van der Waals surface area (Å²) in [5, 5.41) is 4.82. The molecular weight excluding hydrogens is 324 g/mol. The second-order valence-corrected chi connectivity index (χ2v) is 5.25. The first-order valence-corrected chi connectivity index (χ1v) is 6.28. The van der Waals surface area contributed by atoms with Crippen LogP contribution in [0.2, 0.25) is 0 Å². The average molecular weight is 330 g/mol. The van der Waals surface area contributed by atoms with E-state index >= 15 is 0 Å². The zero-order chi connectivity index (χ0) is 10.1. The molecule has 0 bridgehead atoms. The minimum Gasteiger partial charge on any atom is -0.269 e. The fraction of sp³-hybridized carbons (Fsp3) is 0. The van der Waals surface area contributed by atoms with E-state index in [4.69, 9.17) is 5.14 Å². The molecule has 0 aromatic heterocycles. The molecule has 7 heteroatoms. The lowest BCUT2D eigenvalue weighted by atomic mass is 10.3. The van der Waals surface area contributed by atoms with Crippen molar-refractivity contribution in [3.63, 3.8) is 0 Å². The summed E-state index contributed by atoms with van der Waals surface area (Å²) in [5.74, 6) is 0. The van der Waals surface area contributed by atoms with Crippen molar-refractivity contribution in [1.82, 2.24) is 0 Å². The molecule has 0 saturated heterocycles. The molecule has 0 atom stereocenters. The zero-order valence-electron chi connectivity index (χ0n) is 6.29. The van der Waals surface area contributed by atoms with Crippen molar-refractivity contribution in [2.45, 2.75) is 0 Å². The quantitative estimate of drug-likeness (QED) is 0.868. The number of halogens is 2. The van der Waals surface area contributed by atoms with Crippen LogP contribution in [0.15, 0.2) is 27.1 Å². The van der Waals surface area contributed by atoms with Gasteiger partial charge in [-0.3, -0.25) is 4.72 Å². The number of anilines is 1. The highest BCUT2D eigenvalue weighted by atomic mass is 79.9. The maximum Gasteiger partial charge on any atom is 0.296 e. The Balaban J connectivity index is 3.15. The molecule has 0 fully saturated rings. The van der Waals surface area contributed by atoms with Gasteiger partial charge in [-0.1, -0.05) is 6.07 Å². The number of hydrogen-bond donors (Lipinski definition) is 2. The van der Waals surface area contributed by atoms with E-state index in [1.165, 1.54) is 0 Å². The van der Waals surface area contributed by atoms with Crippen LogP contribution in [0.1, 0.15) is 0 Å². The molecule has 3 N–H and O–H groups in total. The Bertz CT molecular complexity index is 398. The molecule has 0 radical (unpaired) electrons. The summed E-state index contributed by atoms with van der Waals surface area (Å²) in [6.45, 7) is 0. The van der Waals surface area contributed by atoms with Crippen LogP contribution in [0.4, 0.5) is 5.69 Å². The molecule has 1 aromatic carbocycles. The number of hydrogen-bond acceptors (Lipinski definition) is 2. The Morgan fingerprint density at radius 3 is 2.08 bits per heavy atom. The Morgan fingerprint density at radius 2 is 1.69 bits per heavy atom. The van der Waals surface area contributed by atoms with Gasteiger partial charge in [0.05, 0.1) is 5.69 Å². The van der Waals surface area contributed by atoms with Gasteiger partial charge in [0.25, 0.3) is 10.2 Å². The molecule has 0 aliphatic heterocycles. The minimum atomic E-state index is -3.73. The standard InChI is InChI=1S/C6H6Br2N2O2S/c7-4-2-1-3-5(8)6(4)10-13(9,11)12/h1-3,10H,(H2,9,11,12). The van der Waals surface area contributed by atoms with Gasteiger partial charge < -0.3 is 0 Å². The van der Waals surface area contributed by atoms with Crippen LogP contribution in [-0.2, 0) is 10.2 Å². The largest absolute Gasteiger partial charge is 0.296 e. The van der Waals surface area contributed by atoms with Crippen LogP contribution in [-0.4, -0.2) is 8.42 Å². The third-order valence-corrected chi connectivity index (χ3v) is 3.02. The van der Waals surface area contributed by atoms with Crippen LogP contribution in [0, 0.1) is 0 Å². The maximum absolute atomic E-state index is 10.7. The number of rotatable bonds is 2. The van der Waals surface area contributed by atoms with Crippen molar-refractivity contribution in [3.05, 3.63) is 27.1 Å². The van der Waals surface area contributed by atoms with Crippen LogP contribution in [0.5, 0.6) is 0 Å². The molecule has 0 saturated carbocycles. The second kappa shape index (κ2) is 3.95. The lowest BCUT2D eigenvalue weighted by Gasteiger charge is -2.07. The third kappa shape index (κ3) is 3.26. The van der Waals surface area contributed by atoms with Crippen LogP contribution < -0.4 is 9.86 Å². The highest BCUT2D eigenvalue weighted by molar-refractivity contribution is 9.11. The van der Waals surface area contributed by atoms with E-state index in [0.29, 0.717) is 14.6 Å². The van der Waals surface area contributed by atoms with E-state index in [0.717, 1.165) is 0 Å². The predicted octanol–water partition coefficient (Wildman–Crippen LogP) is 1.83. The maximum atomic E-state index is 10.7. The highest BCUT2D eigenvalue weighted by Gasteiger charge is 2.08. The molecule has 1 rings (SSSR count). The van der Waals surface area contributed by atoms with Crippen molar-refractivity contribution < 1.29 is 8.42 Å². The first-order valence-electron chi connectivity index (χ1n) is 3.15. The number of para-hydroxylation sites is 1. The lowest BCUT2D eigenvalue weighted by molar-refractivity contribution is 0.603. The minimum absolute atomic E-state index is 0.394. The smallest absolute Gasteiger partial charge is 0.269 e. The van der Waals surface area contributed by atoms with Crippen LogP contribution >= 0.6 is 31.9 Å². The van der Waals surface area contributed by atoms with Gasteiger partial charge in [-0.25, -0.2) is 5.14 Å². The zero-order valence-corrected chi connectivity index (χ0v) is 10.3. The molecule has 0 aliphatic carbocycles. The molecule has 0 amide bonds. The molecule has 0 unspecified atom stereocenters. The Labute approximate surface area is 93.0 Å². The first kappa shape index (κ1) is 11.0. The Kier molecular flexibility index (Phi) is 3.33. The van der Waals surface area contributed by atoms with Gasteiger partial charge in [-0.05, 0) is 44.0 Å². The number of nitrogens with two attached hydrogens (primary N) is 1. The Hall–Kier alpha value is -0.110. The summed E-state index contributed by atoms with van der Waals surface area (Å²) >= 11 is 6.37. The third-order valence-electron chi connectivity index (χ3n) is 1.21. The molecule has 13 heavy (non-hydrogen) atoms. The number of benzene rings is 1. The summed E-state index contributed by atoms with van der Waals surface area (Å²) in [6, 6.07) is 5.18. The fourth-order valence-corrected chi connectivity index (χ4v) is 2.70. The van der Waals surface area contributed by atoms with Crippen molar-refractivity contribution in [2.75, 3.05) is 4.72 Å². The summed E-state index contributed by atoms with van der Waals surface area (Å²) in [4.78, 5) is 0. The molecular formula is C6H6Br2N2O2S. The predicted molar refractivity (Wildman–Crippen MR) is 58.6 cm³/mol. The van der Waals surface area contributed by atoms with E-state index in [1.54, 1.807) is 18.2 Å². The van der Waals surface area contributed by atoms with E-state index in [2.05, 4.69) is 36.6 Å². The average Bonchev–Trinajstić information content (AvgIpc) is 1.95. The molecule has 4 nitrogen and oxygen atoms in total. The van der Waals surface area contributed by atoms with Crippen LogP contribution in [0.25, 0.3) is 0 Å². The summed E-state index contributed by atoms with van der Waals surface area (Å²) in [6.07, 6.45) is 0. The molecule has 72 valence electrons. The van der Waals surface area contributed by atoms with E-state index in [-0.39, 0.29) is 0 Å². The first-order chi connectivity index (χ1) is 5.90. The summed E-state index contributed by atoms with van der Waals surface area (Å²) in [7, 11) is -3.73. The van der Waals surface area contributed by atoms with Gasteiger partial charge in [0.1, 0.15) is 0 Å². The molecule has 0 aliphatic rings.